The molecule has 4 nitrogen and oxygen atoms in total. The molecule has 0 amide bonds. The van der Waals surface area contributed by atoms with E-state index < -0.39 is 10.0 Å². The minimum atomic E-state index is -3.41. The fraction of sp³-hybridized carbons (Fsp3) is 0.538. The smallest absolute Gasteiger partial charge is 0.240 e. The molecule has 0 bridgehead atoms. The average molecular weight is 347 g/mol. The maximum absolute atomic E-state index is 12.3. The molecule has 2 rings (SSSR count). The van der Waals surface area contributed by atoms with Crippen LogP contribution in [0.5, 0.6) is 0 Å². The van der Waals surface area contributed by atoms with Crippen molar-refractivity contribution in [1.82, 2.24) is 10.0 Å². The Morgan fingerprint density at radius 3 is 2.37 bits per heavy atom. The second-order valence-electron chi connectivity index (χ2n) is 4.92. The Morgan fingerprint density at radius 1 is 1.16 bits per heavy atom. The van der Waals surface area contributed by atoms with Gasteiger partial charge in [0.1, 0.15) is 0 Å². The molecule has 19 heavy (non-hydrogen) atoms. The second-order valence-corrected chi connectivity index (χ2v) is 7.55. The lowest BCUT2D eigenvalue weighted by molar-refractivity contribution is 0.343. The molecule has 1 saturated carbocycles. The number of halogens is 1. The van der Waals surface area contributed by atoms with Gasteiger partial charge in [-0.25, -0.2) is 13.1 Å². The predicted octanol–water partition coefficient (Wildman–Crippen LogP) is 2.26. The molecule has 0 spiro atoms. The van der Waals surface area contributed by atoms with E-state index in [4.69, 9.17) is 0 Å². The third-order valence-corrected chi connectivity index (χ3v) is 5.58. The Labute approximate surface area is 123 Å². The number of benzene rings is 1. The highest BCUT2D eigenvalue weighted by atomic mass is 79.9. The minimum Gasteiger partial charge on any atom is -0.317 e. The molecular weight excluding hydrogens is 328 g/mol. The zero-order valence-electron chi connectivity index (χ0n) is 10.9. The quantitative estimate of drug-likeness (QED) is 0.878. The van der Waals surface area contributed by atoms with Gasteiger partial charge in [0.15, 0.2) is 0 Å². The zero-order chi connectivity index (χ0) is 13.9. The molecule has 2 N–H and O–H groups in total. The Morgan fingerprint density at radius 2 is 1.79 bits per heavy atom. The summed E-state index contributed by atoms with van der Waals surface area (Å²) in [7, 11) is -1.45. The molecule has 6 heteroatoms. The molecule has 1 aliphatic rings. The molecule has 0 aromatic heterocycles. The van der Waals surface area contributed by atoms with Crippen LogP contribution in [-0.4, -0.2) is 27.5 Å². The molecule has 1 aromatic rings. The van der Waals surface area contributed by atoms with Crippen molar-refractivity contribution in [1.29, 1.82) is 0 Å². The summed E-state index contributed by atoms with van der Waals surface area (Å²) < 4.78 is 28.1. The highest BCUT2D eigenvalue weighted by molar-refractivity contribution is 9.10. The summed E-state index contributed by atoms with van der Waals surface area (Å²) in [5.74, 6) is 0. The largest absolute Gasteiger partial charge is 0.317 e. The van der Waals surface area contributed by atoms with Crippen LogP contribution in [0.4, 0.5) is 0 Å². The number of nitrogens with one attached hydrogen (secondary N) is 2. The first-order valence-electron chi connectivity index (χ1n) is 6.46. The van der Waals surface area contributed by atoms with Gasteiger partial charge in [-0.2, -0.15) is 0 Å². The molecule has 0 aliphatic heterocycles. The summed E-state index contributed by atoms with van der Waals surface area (Å²) in [5, 5.41) is 3.24. The maximum Gasteiger partial charge on any atom is 0.240 e. The molecule has 1 aromatic carbocycles. The van der Waals surface area contributed by atoms with E-state index in [0.717, 1.165) is 30.2 Å². The lowest BCUT2D eigenvalue weighted by Crippen LogP contribution is -2.41. The van der Waals surface area contributed by atoms with Crippen molar-refractivity contribution in [2.45, 2.75) is 42.7 Å². The molecule has 0 saturated heterocycles. The Bertz CT molecular complexity index is 525. The van der Waals surface area contributed by atoms with Crippen molar-refractivity contribution in [3.8, 4) is 0 Å². The summed E-state index contributed by atoms with van der Waals surface area (Å²) in [4.78, 5) is 0.317. The first-order chi connectivity index (χ1) is 9.01. The summed E-state index contributed by atoms with van der Waals surface area (Å²) in [6.45, 7) is 0. The third kappa shape index (κ3) is 4.02. The molecule has 0 atom stereocenters. The molecule has 0 radical (unpaired) electrons. The van der Waals surface area contributed by atoms with E-state index in [1.807, 2.05) is 13.1 Å². The molecule has 1 aliphatic carbocycles. The van der Waals surface area contributed by atoms with Gasteiger partial charge in [-0.1, -0.05) is 22.0 Å². The minimum absolute atomic E-state index is 0.0496. The van der Waals surface area contributed by atoms with Crippen LogP contribution in [-0.2, 0) is 10.0 Å². The summed E-state index contributed by atoms with van der Waals surface area (Å²) in [5.41, 5.74) is 0. The van der Waals surface area contributed by atoms with E-state index in [2.05, 4.69) is 26.0 Å². The van der Waals surface area contributed by atoms with Crippen molar-refractivity contribution >= 4 is 26.0 Å². The molecular formula is C13H19BrN2O2S. The maximum atomic E-state index is 12.3. The van der Waals surface area contributed by atoms with Gasteiger partial charge in [-0.15, -0.1) is 0 Å². The van der Waals surface area contributed by atoms with Gasteiger partial charge in [0.05, 0.1) is 4.90 Å². The first kappa shape index (κ1) is 15.0. The SMILES string of the molecule is CNC1CCC(NS(=O)(=O)c2cccc(Br)c2)CC1. The van der Waals surface area contributed by atoms with Crippen LogP contribution in [0, 0.1) is 0 Å². The Kier molecular flexibility index (Phi) is 5.00. The van der Waals surface area contributed by atoms with Gasteiger partial charge >= 0.3 is 0 Å². The van der Waals surface area contributed by atoms with Gasteiger partial charge in [0.2, 0.25) is 10.0 Å². The van der Waals surface area contributed by atoms with Crippen LogP contribution in [0.1, 0.15) is 25.7 Å². The van der Waals surface area contributed by atoms with E-state index in [0.29, 0.717) is 10.9 Å². The second kappa shape index (κ2) is 6.35. The Hall–Kier alpha value is -0.430. The van der Waals surface area contributed by atoms with Gasteiger partial charge in [-0.05, 0) is 50.9 Å². The lowest BCUT2D eigenvalue weighted by atomic mass is 9.92. The van der Waals surface area contributed by atoms with E-state index in [1.54, 1.807) is 18.2 Å². The molecule has 0 unspecified atom stereocenters. The van der Waals surface area contributed by atoms with E-state index >= 15 is 0 Å². The van der Waals surface area contributed by atoms with Crippen LogP contribution >= 0.6 is 15.9 Å². The fourth-order valence-electron chi connectivity index (χ4n) is 2.42. The topological polar surface area (TPSA) is 58.2 Å². The normalized spacial score (nSPS) is 24.3. The highest BCUT2D eigenvalue weighted by Gasteiger charge is 2.25. The van der Waals surface area contributed by atoms with Crippen LogP contribution in [0.3, 0.4) is 0 Å². The Balaban J connectivity index is 2.02. The predicted molar refractivity (Wildman–Crippen MR) is 79.6 cm³/mol. The standard InChI is InChI=1S/C13H19BrN2O2S/c1-15-11-5-7-12(8-6-11)16-19(17,18)13-4-2-3-10(14)9-13/h2-4,9,11-12,15-16H,5-8H2,1H3. The number of hydrogen-bond donors (Lipinski definition) is 2. The zero-order valence-corrected chi connectivity index (χ0v) is 13.3. The molecule has 0 heterocycles. The summed E-state index contributed by atoms with van der Waals surface area (Å²) in [6, 6.07) is 7.36. The van der Waals surface area contributed by atoms with Crippen molar-refractivity contribution in [3.63, 3.8) is 0 Å². The average Bonchev–Trinajstić information content (AvgIpc) is 2.39. The molecule has 1 fully saturated rings. The van der Waals surface area contributed by atoms with E-state index in [9.17, 15) is 8.42 Å². The first-order valence-corrected chi connectivity index (χ1v) is 8.74. The van der Waals surface area contributed by atoms with Crippen LogP contribution < -0.4 is 10.0 Å². The van der Waals surface area contributed by atoms with Gasteiger partial charge in [-0.3, -0.25) is 0 Å². The van der Waals surface area contributed by atoms with Crippen LogP contribution in [0.15, 0.2) is 33.6 Å². The van der Waals surface area contributed by atoms with Crippen molar-refractivity contribution < 1.29 is 8.42 Å². The molecule has 106 valence electrons. The third-order valence-electron chi connectivity index (χ3n) is 3.56. The van der Waals surface area contributed by atoms with Crippen LogP contribution in [0.25, 0.3) is 0 Å². The van der Waals surface area contributed by atoms with Crippen molar-refractivity contribution in [2.75, 3.05) is 7.05 Å². The summed E-state index contributed by atoms with van der Waals surface area (Å²) in [6.07, 6.45) is 3.81. The van der Waals surface area contributed by atoms with Gasteiger partial charge in [0, 0.05) is 16.6 Å². The van der Waals surface area contributed by atoms with Crippen molar-refractivity contribution in [3.05, 3.63) is 28.7 Å². The summed E-state index contributed by atoms with van der Waals surface area (Å²) >= 11 is 3.30. The number of sulfonamides is 1. The number of hydrogen-bond acceptors (Lipinski definition) is 3. The van der Waals surface area contributed by atoms with E-state index in [1.165, 1.54) is 0 Å². The van der Waals surface area contributed by atoms with Crippen LogP contribution in [0.2, 0.25) is 0 Å². The van der Waals surface area contributed by atoms with Gasteiger partial charge in [0.25, 0.3) is 0 Å². The van der Waals surface area contributed by atoms with Crippen molar-refractivity contribution in [2.24, 2.45) is 0 Å². The number of rotatable bonds is 4. The highest BCUT2D eigenvalue weighted by Crippen LogP contribution is 2.21. The monoisotopic (exact) mass is 346 g/mol. The van der Waals surface area contributed by atoms with Gasteiger partial charge < -0.3 is 5.32 Å². The van der Waals surface area contributed by atoms with E-state index in [-0.39, 0.29) is 6.04 Å². The fourth-order valence-corrected chi connectivity index (χ4v) is 4.32. The lowest BCUT2D eigenvalue weighted by Gasteiger charge is -2.28.